The smallest absolute Gasteiger partial charge is 0.222 e. The maximum Gasteiger partial charge on any atom is 0.222 e. The van der Waals surface area contributed by atoms with Crippen molar-refractivity contribution in [2.75, 3.05) is 57.6 Å². The molecule has 0 unspecified atom stereocenters. The fraction of sp³-hybridized carbons (Fsp3) is 0.655. The highest BCUT2D eigenvalue weighted by Crippen LogP contribution is 2.33. The van der Waals surface area contributed by atoms with Gasteiger partial charge in [-0.25, -0.2) is 4.98 Å². The number of pyridine rings is 1. The number of rotatable bonds is 9. The first kappa shape index (κ1) is 30.0. The fourth-order valence-corrected chi connectivity index (χ4v) is 5.65. The highest BCUT2D eigenvalue weighted by atomic mass is 16.5. The lowest BCUT2D eigenvalue weighted by atomic mass is 9.91. The number of likely N-dealkylation sites (tertiary alicyclic amines) is 1. The Bertz CT molecular complexity index is 1220. The third-order valence-corrected chi connectivity index (χ3v) is 7.76. The second kappa shape index (κ2) is 14.6. The van der Waals surface area contributed by atoms with Crippen LogP contribution in [0.15, 0.2) is 12.3 Å². The maximum absolute atomic E-state index is 7.57. The van der Waals surface area contributed by atoms with Gasteiger partial charge in [-0.05, 0) is 59.0 Å². The van der Waals surface area contributed by atoms with Crippen LogP contribution < -0.4 is 15.8 Å². The monoisotopic (exact) mass is 554 g/mol. The predicted octanol–water partition coefficient (Wildman–Crippen LogP) is 3.74. The summed E-state index contributed by atoms with van der Waals surface area (Å²) < 4.78 is 13.3. The second-order valence-corrected chi connectivity index (χ2v) is 10.5. The maximum atomic E-state index is 7.57. The number of unbranched alkanes of at least 4 members (excludes halogenated alkanes) is 1. The number of methoxy groups -OCH3 is 1. The van der Waals surface area contributed by atoms with Crippen molar-refractivity contribution in [3.05, 3.63) is 29.2 Å². The summed E-state index contributed by atoms with van der Waals surface area (Å²) in [6, 6.07) is 2.80. The van der Waals surface area contributed by atoms with Crippen molar-refractivity contribution in [2.24, 2.45) is 0 Å². The zero-order valence-corrected chi connectivity index (χ0v) is 24.5. The number of nitrogens with two attached hydrogens (primary N) is 1. The zero-order chi connectivity index (χ0) is 28.5. The van der Waals surface area contributed by atoms with Crippen LogP contribution in [0.1, 0.15) is 75.2 Å². The normalized spacial score (nSPS) is 17.0. The van der Waals surface area contributed by atoms with Gasteiger partial charge >= 0.3 is 0 Å². The number of piperidine rings is 1. The molecule has 2 fully saturated rings. The Morgan fingerprint density at radius 3 is 2.55 bits per heavy atom. The van der Waals surface area contributed by atoms with Crippen molar-refractivity contribution in [3.8, 4) is 5.75 Å². The molecule has 0 aromatic carbocycles. The minimum atomic E-state index is 0.250. The van der Waals surface area contributed by atoms with Gasteiger partial charge in [0.15, 0.2) is 5.82 Å². The molecule has 0 saturated carbocycles. The summed E-state index contributed by atoms with van der Waals surface area (Å²) >= 11 is 0. The molecule has 2 aliphatic heterocycles. The number of nitrogens with zero attached hydrogens (tertiary/aromatic N) is 6. The van der Waals surface area contributed by atoms with Gasteiger partial charge in [-0.2, -0.15) is 10.1 Å². The summed E-state index contributed by atoms with van der Waals surface area (Å²) in [6.45, 7) is 11.4. The van der Waals surface area contributed by atoms with Crippen molar-refractivity contribution >= 4 is 22.8 Å². The first-order valence-corrected chi connectivity index (χ1v) is 14.7. The molecule has 5 rings (SSSR count). The lowest BCUT2D eigenvalue weighted by Gasteiger charge is -2.39. The van der Waals surface area contributed by atoms with Crippen molar-refractivity contribution in [1.82, 2.24) is 29.6 Å². The summed E-state index contributed by atoms with van der Waals surface area (Å²) in [5.41, 5.74) is 10.5. The van der Waals surface area contributed by atoms with E-state index < -0.39 is 0 Å². The van der Waals surface area contributed by atoms with Crippen LogP contribution in [-0.4, -0.2) is 87.3 Å². The second-order valence-electron chi connectivity index (χ2n) is 10.5. The number of hydrogen-bond donors (Lipinski definition) is 3. The van der Waals surface area contributed by atoms with E-state index in [1.54, 1.807) is 14.0 Å². The summed E-state index contributed by atoms with van der Waals surface area (Å²) in [5.74, 6) is 2.27. The lowest BCUT2D eigenvalue weighted by Crippen LogP contribution is -2.43. The zero-order valence-electron chi connectivity index (χ0n) is 24.5. The largest absolute Gasteiger partial charge is 0.496 e. The van der Waals surface area contributed by atoms with Gasteiger partial charge in [0.05, 0.1) is 19.3 Å². The number of aliphatic hydroxyl groups is 1. The molecule has 3 aromatic rings. The Morgan fingerprint density at radius 2 is 1.88 bits per heavy atom. The lowest BCUT2D eigenvalue weighted by molar-refractivity contribution is 0.0250. The average molecular weight is 555 g/mol. The van der Waals surface area contributed by atoms with E-state index in [0.717, 1.165) is 111 Å². The van der Waals surface area contributed by atoms with Gasteiger partial charge < -0.3 is 30.5 Å². The third-order valence-electron chi connectivity index (χ3n) is 7.76. The Kier molecular flexibility index (Phi) is 10.9. The summed E-state index contributed by atoms with van der Waals surface area (Å²) in [4.78, 5) is 16.5. The number of fused-ring (bicyclic) bond motifs is 1. The predicted molar refractivity (Wildman–Crippen MR) is 158 cm³/mol. The van der Waals surface area contributed by atoms with E-state index in [1.807, 2.05) is 17.8 Å². The van der Waals surface area contributed by atoms with Gasteiger partial charge in [-0.3, -0.25) is 9.67 Å². The van der Waals surface area contributed by atoms with Crippen LogP contribution in [0, 0.1) is 6.92 Å². The first-order chi connectivity index (χ1) is 19.5. The molecule has 220 valence electrons. The van der Waals surface area contributed by atoms with Crippen LogP contribution >= 0.6 is 0 Å². The molecule has 11 heteroatoms. The number of nitrogen functional groups attached to an aromatic ring is 1. The molecule has 0 radical (unpaired) electrons. The van der Waals surface area contributed by atoms with Crippen LogP contribution in [0.5, 0.6) is 5.75 Å². The van der Waals surface area contributed by atoms with E-state index in [9.17, 15) is 0 Å². The Hall–Kier alpha value is -3.02. The van der Waals surface area contributed by atoms with Crippen molar-refractivity contribution in [3.63, 3.8) is 0 Å². The molecule has 0 bridgehead atoms. The Balaban J connectivity index is 0.00000118. The summed E-state index contributed by atoms with van der Waals surface area (Å²) in [7, 11) is 1.73. The van der Waals surface area contributed by atoms with Crippen molar-refractivity contribution in [1.29, 1.82) is 0 Å². The van der Waals surface area contributed by atoms with E-state index >= 15 is 0 Å². The highest BCUT2D eigenvalue weighted by Gasteiger charge is 2.28. The topological polar surface area (TPSA) is 136 Å². The van der Waals surface area contributed by atoms with E-state index in [0.29, 0.717) is 18.5 Å². The van der Waals surface area contributed by atoms with Crippen molar-refractivity contribution < 1.29 is 14.6 Å². The molecule has 0 spiro atoms. The number of hydrogen-bond acceptors (Lipinski definition) is 10. The summed E-state index contributed by atoms with van der Waals surface area (Å²) in [5, 5.41) is 15.8. The van der Waals surface area contributed by atoms with Crippen LogP contribution in [0.25, 0.3) is 11.0 Å². The van der Waals surface area contributed by atoms with Gasteiger partial charge in [0.1, 0.15) is 16.8 Å². The quantitative estimate of drug-likeness (QED) is 0.336. The molecule has 40 heavy (non-hydrogen) atoms. The molecule has 5 heterocycles. The molecular formula is C29H46N8O3. The van der Waals surface area contributed by atoms with Crippen molar-refractivity contribution in [2.45, 2.75) is 77.8 Å². The van der Waals surface area contributed by atoms with Gasteiger partial charge in [0, 0.05) is 61.8 Å². The minimum Gasteiger partial charge on any atom is -0.496 e. The molecular weight excluding hydrogens is 508 g/mol. The number of aliphatic hydroxyl groups excluding tert-OH is 1. The number of anilines is 2. The van der Waals surface area contributed by atoms with Crippen LogP contribution in [-0.2, 0) is 11.3 Å². The Morgan fingerprint density at radius 1 is 1.15 bits per heavy atom. The molecule has 0 aliphatic carbocycles. The summed E-state index contributed by atoms with van der Waals surface area (Å²) in [6.07, 6.45) is 8.65. The molecule has 2 aliphatic rings. The van der Waals surface area contributed by atoms with E-state index in [4.69, 9.17) is 30.4 Å². The van der Waals surface area contributed by atoms with Gasteiger partial charge in [-0.1, -0.05) is 13.3 Å². The molecule has 3 aromatic heterocycles. The van der Waals surface area contributed by atoms with E-state index in [-0.39, 0.29) is 12.6 Å². The first-order valence-electron chi connectivity index (χ1n) is 14.7. The Labute approximate surface area is 237 Å². The van der Waals surface area contributed by atoms with Gasteiger partial charge in [0.2, 0.25) is 5.95 Å². The van der Waals surface area contributed by atoms with E-state index in [1.165, 1.54) is 0 Å². The number of nitrogens with one attached hydrogen (secondary N) is 1. The highest BCUT2D eigenvalue weighted by molar-refractivity contribution is 5.88. The fourth-order valence-electron chi connectivity index (χ4n) is 5.65. The standard InChI is InChI=1S/C27H40N8O2.C2H6O/c1-4-5-10-29-26-25-24(31-27(28)32-26)18(2)33-35(25)17-20-16-30-22(15-23(20)36-3)19-6-11-34(12-7-19)21-8-13-37-14-9-21;1-2-3/h15-16,19,21H,4-14,17H2,1-3H3,(H3,28,29,31,32);3H,2H2,1H3. The SMILES string of the molecule is CCCCNc1nc(N)nc2c(C)nn(Cc3cnc(C4CCN(C5CCOCC5)CC4)cc3OC)c12.CCO. The van der Waals surface area contributed by atoms with Crippen LogP contribution in [0.2, 0.25) is 0 Å². The number of aromatic nitrogens is 5. The molecule has 0 amide bonds. The minimum absolute atomic E-state index is 0.250. The number of aryl methyl sites for hydroxylation is 1. The van der Waals surface area contributed by atoms with E-state index in [2.05, 4.69) is 33.2 Å². The molecule has 2 saturated heterocycles. The number of ether oxygens (including phenoxy) is 2. The van der Waals surface area contributed by atoms with Crippen LogP contribution in [0.4, 0.5) is 11.8 Å². The third kappa shape index (κ3) is 7.18. The van der Waals surface area contributed by atoms with Gasteiger partial charge in [0.25, 0.3) is 0 Å². The van der Waals surface area contributed by atoms with Gasteiger partial charge in [-0.15, -0.1) is 0 Å². The molecule has 4 N–H and O–H groups in total. The molecule has 11 nitrogen and oxygen atoms in total. The average Bonchev–Trinajstić information content (AvgIpc) is 3.28. The van der Waals surface area contributed by atoms with Crippen LogP contribution in [0.3, 0.4) is 0 Å². The molecule has 0 atom stereocenters.